The Balaban J connectivity index is 1.86. The van der Waals surface area contributed by atoms with Crippen molar-refractivity contribution in [2.45, 2.75) is 23.9 Å². The third-order valence-electron chi connectivity index (χ3n) is 3.53. The third kappa shape index (κ3) is 2.93. The Morgan fingerprint density at radius 3 is 2.95 bits per heavy atom. The highest BCUT2D eigenvalue weighted by molar-refractivity contribution is 7.91. The molecule has 1 aromatic carbocycles. The molecule has 0 aliphatic carbocycles. The van der Waals surface area contributed by atoms with Crippen molar-refractivity contribution < 1.29 is 12.8 Å². The number of hydrogen-bond donors (Lipinski definition) is 1. The number of fused-ring (bicyclic) bond motifs is 1. The molecule has 21 heavy (non-hydrogen) atoms. The quantitative estimate of drug-likeness (QED) is 0.873. The fraction of sp³-hybridized carbons (Fsp3) is 0.286. The standard InChI is InChI=1S/C14H14FN3O2S/c15-10-1-2-14-12(7-10)13(4-6-21(14,19)20)17-8-11-3-5-16-9-18-11/h1-3,5,7,9,13,17H,4,6,8H2. The molecule has 1 unspecified atom stereocenters. The summed E-state index contributed by atoms with van der Waals surface area (Å²) in [4.78, 5) is 8.16. The van der Waals surface area contributed by atoms with Gasteiger partial charge in [-0.3, -0.25) is 0 Å². The van der Waals surface area contributed by atoms with E-state index in [9.17, 15) is 12.8 Å². The van der Waals surface area contributed by atoms with E-state index in [1.54, 1.807) is 12.3 Å². The first-order valence-corrected chi connectivity index (χ1v) is 8.22. The van der Waals surface area contributed by atoms with Crippen LogP contribution in [0.5, 0.6) is 0 Å². The van der Waals surface area contributed by atoms with E-state index in [-0.39, 0.29) is 16.7 Å². The van der Waals surface area contributed by atoms with Crippen molar-refractivity contribution in [3.63, 3.8) is 0 Å². The molecule has 5 nitrogen and oxygen atoms in total. The van der Waals surface area contributed by atoms with Crippen LogP contribution >= 0.6 is 0 Å². The van der Waals surface area contributed by atoms with Crippen molar-refractivity contribution >= 4 is 9.84 Å². The molecule has 0 bridgehead atoms. The average Bonchev–Trinajstić information content (AvgIpc) is 2.47. The summed E-state index contributed by atoms with van der Waals surface area (Å²) < 4.78 is 37.5. The molecule has 0 spiro atoms. The highest BCUT2D eigenvalue weighted by Crippen LogP contribution is 2.32. The lowest BCUT2D eigenvalue weighted by Gasteiger charge is -2.26. The molecule has 0 saturated heterocycles. The smallest absolute Gasteiger partial charge is 0.178 e. The second-order valence-electron chi connectivity index (χ2n) is 4.92. The minimum absolute atomic E-state index is 0.0626. The van der Waals surface area contributed by atoms with Gasteiger partial charge in [0.1, 0.15) is 12.1 Å². The van der Waals surface area contributed by atoms with Crippen LogP contribution in [0.1, 0.15) is 23.7 Å². The van der Waals surface area contributed by atoms with Crippen LogP contribution < -0.4 is 5.32 Å². The second kappa shape index (κ2) is 5.50. The second-order valence-corrected chi connectivity index (χ2v) is 7.00. The van der Waals surface area contributed by atoms with Gasteiger partial charge >= 0.3 is 0 Å². The fourth-order valence-corrected chi connectivity index (χ4v) is 4.08. The van der Waals surface area contributed by atoms with E-state index < -0.39 is 15.7 Å². The number of nitrogens with one attached hydrogen (secondary N) is 1. The maximum Gasteiger partial charge on any atom is 0.178 e. The summed E-state index contributed by atoms with van der Waals surface area (Å²) >= 11 is 0. The summed E-state index contributed by atoms with van der Waals surface area (Å²) in [5.74, 6) is -0.368. The lowest BCUT2D eigenvalue weighted by molar-refractivity contribution is 0.484. The van der Waals surface area contributed by atoms with Crippen LogP contribution in [0.3, 0.4) is 0 Å². The van der Waals surface area contributed by atoms with Crippen molar-refractivity contribution in [3.8, 4) is 0 Å². The highest BCUT2D eigenvalue weighted by Gasteiger charge is 2.30. The van der Waals surface area contributed by atoms with Gasteiger partial charge in [-0.1, -0.05) is 0 Å². The third-order valence-corrected chi connectivity index (χ3v) is 5.35. The zero-order chi connectivity index (χ0) is 14.9. The molecule has 110 valence electrons. The van der Waals surface area contributed by atoms with Crippen LogP contribution in [0.4, 0.5) is 4.39 Å². The van der Waals surface area contributed by atoms with Gasteiger partial charge in [-0.05, 0) is 36.2 Å². The predicted molar refractivity (Wildman–Crippen MR) is 74.7 cm³/mol. The van der Waals surface area contributed by atoms with Crippen LogP contribution in [0.2, 0.25) is 0 Å². The van der Waals surface area contributed by atoms with E-state index in [2.05, 4.69) is 15.3 Å². The Kier molecular flexibility index (Phi) is 3.69. The minimum Gasteiger partial charge on any atom is -0.304 e. The van der Waals surface area contributed by atoms with Gasteiger partial charge in [0, 0.05) is 18.8 Å². The molecule has 0 saturated carbocycles. The van der Waals surface area contributed by atoms with Gasteiger partial charge in [-0.25, -0.2) is 22.8 Å². The van der Waals surface area contributed by atoms with Crippen LogP contribution in [0.25, 0.3) is 0 Å². The van der Waals surface area contributed by atoms with Gasteiger partial charge in [0.2, 0.25) is 0 Å². The SMILES string of the molecule is O=S1(=O)CCC(NCc2ccncn2)c2cc(F)ccc21. The lowest BCUT2D eigenvalue weighted by atomic mass is 10.0. The molecule has 2 aromatic rings. The molecular weight excluding hydrogens is 293 g/mol. The van der Waals surface area contributed by atoms with E-state index in [4.69, 9.17) is 0 Å². The zero-order valence-corrected chi connectivity index (χ0v) is 12.0. The molecule has 0 radical (unpaired) electrons. The average molecular weight is 307 g/mol. The highest BCUT2D eigenvalue weighted by atomic mass is 32.2. The molecule has 0 amide bonds. The summed E-state index contributed by atoms with van der Waals surface area (Å²) in [7, 11) is -3.31. The predicted octanol–water partition coefficient (Wildman–Crippen LogP) is 1.62. The van der Waals surface area contributed by atoms with Gasteiger partial charge in [0.05, 0.1) is 16.3 Å². The maximum absolute atomic E-state index is 13.4. The number of halogens is 1. The number of aromatic nitrogens is 2. The van der Waals surface area contributed by atoms with Gasteiger partial charge in [-0.15, -0.1) is 0 Å². The Labute approximate surface area is 122 Å². The number of hydrogen-bond acceptors (Lipinski definition) is 5. The molecule has 1 atom stereocenters. The lowest BCUT2D eigenvalue weighted by Crippen LogP contribution is -2.29. The maximum atomic E-state index is 13.4. The number of sulfone groups is 1. The zero-order valence-electron chi connectivity index (χ0n) is 11.2. The number of nitrogens with zero attached hydrogens (tertiary/aromatic N) is 2. The van der Waals surface area contributed by atoms with Crippen LogP contribution in [0, 0.1) is 5.82 Å². The van der Waals surface area contributed by atoms with E-state index >= 15 is 0 Å². The normalized spacial score (nSPS) is 20.0. The van der Waals surface area contributed by atoms with Crippen LogP contribution in [-0.2, 0) is 16.4 Å². The molecule has 1 aliphatic rings. The molecule has 1 aliphatic heterocycles. The molecule has 0 fully saturated rings. The fourth-order valence-electron chi connectivity index (χ4n) is 2.48. The summed E-state index contributed by atoms with van der Waals surface area (Å²) in [6.45, 7) is 0.475. The first-order valence-electron chi connectivity index (χ1n) is 6.57. The Morgan fingerprint density at radius 2 is 2.19 bits per heavy atom. The first-order chi connectivity index (χ1) is 10.1. The molecule has 2 heterocycles. The number of benzene rings is 1. The van der Waals surface area contributed by atoms with Crippen molar-refractivity contribution in [2.24, 2.45) is 0 Å². The minimum atomic E-state index is -3.31. The van der Waals surface area contributed by atoms with E-state index in [0.717, 1.165) is 5.69 Å². The molecule has 1 N–H and O–H groups in total. The Morgan fingerprint density at radius 1 is 1.33 bits per heavy atom. The Hall–Kier alpha value is -1.86. The molecule has 3 rings (SSSR count). The largest absolute Gasteiger partial charge is 0.304 e. The van der Waals surface area contributed by atoms with Crippen molar-refractivity contribution in [1.82, 2.24) is 15.3 Å². The van der Waals surface area contributed by atoms with Gasteiger partial charge < -0.3 is 5.32 Å². The van der Waals surface area contributed by atoms with E-state index in [1.165, 1.54) is 24.5 Å². The van der Waals surface area contributed by atoms with Crippen LogP contribution in [-0.4, -0.2) is 24.1 Å². The van der Waals surface area contributed by atoms with E-state index in [1.807, 2.05) is 0 Å². The van der Waals surface area contributed by atoms with Crippen molar-refractivity contribution in [1.29, 1.82) is 0 Å². The van der Waals surface area contributed by atoms with Gasteiger partial charge in [-0.2, -0.15) is 0 Å². The molecule has 7 heteroatoms. The summed E-state index contributed by atoms with van der Waals surface area (Å²) in [6, 6.07) is 5.40. The number of rotatable bonds is 3. The van der Waals surface area contributed by atoms with Crippen molar-refractivity contribution in [3.05, 3.63) is 53.9 Å². The first kappa shape index (κ1) is 14.1. The monoisotopic (exact) mass is 307 g/mol. The molecular formula is C14H14FN3O2S. The summed E-state index contributed by atoms with van der Waals surface area (Å²) in [5, 5.41) is 3.24. The topological polar surface area (TPSA) is 72.0 Å². The van der Waals surface area contributed by atoms with Gasteiger partial charge in [0.25, 0.3) is 0 Å². The van der Waals surface area contributed by atoms with Crippen LogP contribution in [0.15, 0.2) is 41.7 Å². The van der Waals surface area contributed by atoms with Gasteiger partial charge in [0.15, 0.2) is 9.84 Å². The van der Waals surface area contributed by atoms with Crippen molar-refractivity contribution in [2.75, 3.05) is 5.75 Å². The summed E-state index contributed by atoms with van der Waals surface area (Å²) in [5.41, 5.74) is 1.30. The summed E-state index contributed by atoms with van der Waals surface area (Å²) in [6.07, 6.45) is 3.52. The Bertz CT molecular complexity index is 750. The van der Waals surface area contributed by atoms with E-state index in [0.29, 0.717) is 18.5 Å². The molecule has 1 aromatic heterocycles.